The number of benzene rings is 1. The lowest BCUT2D eigenvalue weighted by atomic mass is 9.71. The van der Waals surface area contributed by atoms with E-state index in [2.05, 4.69) is 10.6 Å². The van der Waals surface area contributed by atoms with E-state index in [1.807, 2.05) is 78.8 Å². The van der Waals surface area contributed by atoms with Crippen molar-refractivity contribution in [3.05, 3.63) is 35.9 Å². The van der Waals surface area contributed by atoms with E-state index in [1.165, 1.54) is 0 Å². The predicted molar refractivity (Wildman–Crippen MR) is 146 cm³/mol. The maximum Gasteiger partial charge on any atom is 0.410 e. The molecule has 1 aromatic rings. The minimum absolute atomic E-state index is 0.0750. The van der Waals surface area contributed by atoms with E-state index in [1.54, 1.807) is 4.90 Å². The first-order chi connectivity index (χ1) is 17.6. The highest BCUT2D eigenvalue weighted by Gasteiger charge is 2.45. The zero-order valence-corrected chi connectivity index (χ0v) is 23.9. The quantitative estimate of drug-likeness (QED) is 0.417. The number of hydrogen-bond donors (Lipinski definition) is 3. The molecule has 9 nitrogen and oxygen atoms in total. The van der Waals surface area contributed by atoms with Crippen LogP contribution in [0.5, 0.6) is 0 Å². The second-order valence-corrected chi connectivity index (χ2v) is 12.1. The van der Waals surface area contributed by atoms with Gasteiger partial charge < -0.3 is 25.4 Å². The topological polar surface area (TPSA) is 125 Å². The molecule has 0 aromatic heterocycles. The lowest BCUT2D eigenvalue weighted by Gasteiger charge is -2.42. The van der Waals surface area contributed by atoms with Gasteiger partial charge in [0.15, 0.2) is 0 Å². The highest BCUT2D eigenvalue weighted by molar-refractivity contribution is 5.94. The van der Waals surface area contributed by atoms with Crippen molar-refractivity contribution in [2.75, 3.05) is 13.1 Å². The highest BCUT2D eigenvalue weighted by atomic mass is 16.6. The van der Waals surface area contributed by atoms with E-state index >= 15 is 0 Å². The van der Waals surface area contributed by atoms with Gasteiger partial charge in [0.25, 0.3) is 0 Å². The van der Waals surface area contributed by atoms with Crippen LogP contribution in [-0.2, 0) is 24.5 Å². The van der Waals surface area contributed by atoms with E-state index in [0.29, 0.717) is 32.4 Å². The fourth-order valence-corrected chi connectivity index (χ4v) is 4.77. The van der Waals surface area contributed by atoms with Crippen LogP contribution in [0.25, 0.3) is 0 Å². The summed E-state index contributed by atoms with van der Waals surface area (Å²) in [6.07, 6.45) is 0.964. The number of likely N-dealkylation sites (tertiary alicyclic amines) is 1. The van der Waals surface area contributed by atoms with Gasteiger partial charge in [-0.15, -0.1) is 0 Å². The van der Waals surface area contributed by atoms with Gasteiger partial charge in [-0.05, 0) is 63.9 Å². The van der Waals surface area contributed by atoms with Crippen molar-refractivity contribution < 1.29 is 29.0 Å². The van der Waals surface area contributed by atoms with E-state index in [0.717, 1.165) is 5.56 Å². The lowest BCUT2D eigenvalue weighted by molar-refractivity contribution is -0.143. The molecular formula is C29H45N3O6. The molecule has 0 aliphatic carbocycles. The van der Waals surface area contributed by atoms with Crippen molar-refractivity contribution in [2.24, 2.45) is 11.8 Å². The van der Waals surface area contributed by atoms with Crippen LogP contribution < -0.4 is 10.6 Å². The second kappa shape index (κ2) is 13.1. The minimum Gasteiger partial charge on any atom is -0.480 e. The first-order valence-electron chi connectivity index (χ1n) is 13.5. The van der Waals surface area contributed by atoms with Crippen molar-refractivity contribution >= 4 is 23.9 Å². The fourth-order valence-electron chi connectivity index (χ4n) is 4.77. The second-order valence-electron chi connectivity index (χ2n) is 12.1. The Labute approximate surface area is 226 Å². The van der Waals surface area contributed by atoms with Crippen molar-refractivity contribution in [1.82, 2.24) is 15.5 Å². The largest absolute Gasteiger partial charge is 0.480 e. The van der Waals surface area contributed by atoms with Gasteiger partial charge in [0.1, 0.15) is 17.7 Å². The molecule has 1 saturated heterocycles. The molecule has 1 aromatic carbocycles. The number of amides is 3. The third kappa shape index (κ3) is 8.74. The number of carbonyl (C=O) groups is 4. The maximum absolute atomic E-state index is 14.0. The van der Waals surface area contributed by atoms with E-state index in [9.17, 15) is 24.3 Å². The third-order valence-electron chi connectivity index (χ3n) is 6.68. The highest BCUT2D eigenvalue weighted by Crippen LogP contribution is 2.36. The summed E-state index contributed by atoms with van der Waals surface area (Å²) in [7, 11) is 0. The Hall–Kier alpha value is -3.10. The Morgan fingerprint density at radius 2 is 1.45 bits per heavy atom. The Bertz CT molecular complexity index is 962. The van der Waals surface area contributed by atoms with E-state index in [-0.39, 0.29) is 24.2 Å². The standard InChI is InChI=1S/C29H45N3O6/c1-19(2)17-22(24(33)30-23(25(34)35)18-20(3)4)31-26(36)29(21-11-9-8-10-12-21)13-15-32(16-14-29)27(37)38-28(5,6)7/h8-12,19-20,22-23H,13-18H2,1-7H3,(H,30,33)(H,31,36)(H,34,35)/t22-,23+/m0/s1. The predicted octanol–water partition coefficient (Wildman–Crippen LogP) is 4.10. The third-order valence-corrected chi connectivity index (χ3v) is 6.68. The first kappa shape index (κ1) is 31.1. The number of piperidine rings is 1. The summed E-state index contributed by atoms with van der Waals surface area (Å²) in [6, 6.07) is 7.47. The van der Waals surface area contributed by atoms with Crippen molar-refractivity contribution in [3.8, 4) is 0 Å². The van der Waals surface area contributed by atoms with Crippen LogP contribution in [0.15, 0.2) is 30.3 Å². The van der Waals surface area contributed by atoms with Crippen LogP contribution in [0.3, 0.4) is 0 Å². The van der Waals surface area contributed by atoms with Gasteiger partial charge in [0.2, 0.25) is 11.8 Å². The lowest BCUT2D eigenvalue weighted by Crippen LogP contribution is -2.58. The molecule has 3 amide bonds. The maximum atomic E-state index is 14.0. The van der Waals surface area contributed by atoms with Crippen LogP contribution in [0, 0.1) is 11.8 Å². The van der Waals surface area contributed by atoms with Crippen molar-refractivity contribution in [2.45, 2.75) is 97.2 Å². The molecule has 3 N–H and O–H groups in total. The summed E-state index contributed by atoms with van der Waals surface area (Å²) >= 11 is 0. The van der Waals surface area contributed by atoms with Crippen LogP contribution >= 0.6 is 0 Å². The number of carboxylic acid groups (broad SMARTS) is 1. The Morgan fingerprint density at radius 3 is 1.92 bits per heavy atom. The monoisotopic (exact) mass is 531 g/mol. The van der Waals surface area contributed by atoms with Gasteiger partial charge in [-0.3, -0.25) is 9.59 Å². The van der Waals surface area contributed by atoms with Gasteiger partial charge in [-0.1, -0.05) is 58.0 Å². The fraction of sp³-hybridized carbons (Fsp3) is 0.655. The molecule has 1 heterocycles. The molecule has 212 valence electrons. The molecule has 9 heteroatoms. The Kier molecular flexibility index (Phi) is 10.7. The van der Waals surface area contributed by atoms with Crippen LogP contribution in [0.2, 0.25) is 0 Å². The number of nitrogens with zero attached hydrogens (tertiary/aromatic N) is 1. The van der Waals surface area contributed by atoms with Crippen LogP contribution in [0.1, 0.15) is 79.7 Å². The number of hydrogen-bond acceptors (Lipinski definition) is 5. The van der Waals surface area contributed by atoms with Gasteiger partial charge >= 0.3 is 12.1 Å². The summed E-state index contributed by atoms with van der Waals surface area (Å²) in [5.41, 5.74) is -0.754. The molecule has 0 spiro atoms. The SMILES string of the molecule is CC(C)C[C@H](NC(=O)C1(c2ccccc2)CCN(C(=O)OC(C)(C)C)CC1)C(=O)N[C@H](CC(C)C)C(=O)O. The molecule has 2 atom stereocenters. The van der Waals surface area contributed by atoms with Gasteiger partial charge in [-0.25, -0.2) is 9.59 Å². The minimum atomic E-state index is -1.10. The average molecular weight is 532 g/mol. The van der Waals surface area contributed by atoms with Gasteiger partial charge in [0.05, 0.1) is 5.41 Å². The Balaban J connectivity index is 2.29. The number of rotatable bonds is 10. The van der Waals surface area contributed by atoms with Crippen LogP contribution in [0.4, 0.5) is 4.79 Å². The number of nitrogens with one attached hydrogen (secondary N) is 2. The normalized spacial score (nSPS) is 17.0. The molecule has 0 bridgehead atoms. The average Bonchev–Trinajstić information content (AvgIpc) is 2.82. The van der Waals surface area contributed by atoms with E-state index < -0.39 is 41.1 Å². The summed E-state index contributed by atoms with van der Waals surface area (Å²) in [5, 5.41) is 15.2. The van der Waals surface area contributed by atoms with Crippen LogP contribution in [-0.4, -0.2) is 64.7 Å². The molecule has 1 aliphatic heterocycles. The smallest absolute Gasteiger partial charge is 0.410 e. The summed E-state index contributed by atoms with van der Waals surface area (Å²) in [6.45, 7) is 13.8. The van der Waals surface area contributed by atoms with Gasteiger partial charge in [0, 0.05) is 13.1 Å². The molecule has 0 unspecified atom stereocenters. The Morgan fingerprint density at radius 1 is 0.921 bits per heavy atom. The molecule has 2 rings (SSSR count). The zero-order valence-electron chi connectivity index (χ0n) is 23.9. The molecule has 0 radical (unpaired) electrons. The summed E-state index contributed by atoms with van der Waals surface area (Å²) in [4.78, 5) is 53.2. The number of ether oxygens (including phenoxy) is 1. The summed E-state index contributed by atoms with van der Waals surface area (Å²) < 4.78 is 5.52. The molecular weight excluding hydrogens is 486 g/mol. The van der Waals surface area contributed by atoms with Gasteiger partial charge in [-0.2, -0.15) is 0 Å². The first-order valence-corrected chi connectivity index (χ1v) is 13.5. The summed E-state index contributed by atoms with van der Waals surface area (Å²) in [5.74, 6) is -1.75. The molecule has 38 heavy (non-hydrogen) atoms. The number of carbonyl (C=O) groups excluding carboxylic acids is 3. The van der Waals surface area contributed by atoms with Crippen molar-refractivity contribution in [3.63, 3.8) is 0 Å². The molecule has 1 aliphatic rings. The van der Waals surface area contributed by atoms with E-state index in [4.69, 9.17) is 4.74 Å². The molecule has 0 saturated carbocycles. The number of aliphatic carboxylic acids is 1. The van der Waals surface area contributed by atoms with Crippen molar-refractivity contribution in [1.29, 1.82) is 0 Å². The zero-order chi connectivity index (χ0) is 28.7. The molecule has 1 fully saturated rings. The number of carboxylic acids is 1.